The van der Waals surface area contributed by atoms with Gasteiger partial charge >= 0.3 is 6.43 Å². The zero-order valence-electron chi connectivity index (χ0n) is 9.05. The summed E-state index contributed by atoms with van der Waals surface area (Å²) in [7, 11) is 0. The highest BCUT2D eigenvalue weighted by molar-refractivity contribution is 6.00. The van der Waals surface area contributed by atoms with Gasteiger partial charge in [0.05, 0.1) is 0 Å². The van der Waals surface area contributed by atoms with Crippen LogP contribution in [0.5, 0.6) is 0 Å². The van der Waals surface area contributed by atoms with Crippen LogP contribution in [0.2, 0.25) is 0 Å². The lowest BCUT2D eigenvalue weighted by atomic mass is 9.83. The number of alkyl halides is 2. The normalized spacial score (nSPS) is 11.9. The average Bonchev–Trinajstić information content (AvgIpc) is 2.15. The minimum Gasteiger partial charge on any atom is -0.288 e. The highest BCUT2D eigenvalue weighted by atomic mass is 19.3. The Morgan fingerprint density at radius 3 is 2.20 bits per heavy atom. The van der Waals surface area contributed by atoms with E-state index in [9.17, 15) is 13.6 Å². The van der Waals surface area contributed by atoms with Gasteiger partial charge in [0.25, 0.3) is 0 Å². The molecule has 0 spiro atoms. The first kappa shape index (κ1) is 11.8. The molecule has 0 radical (unpaired) electrons. The molecule has 0 N–H and O–H groups in total. The third-order valence-corrected chi connectivity index (χ3v) is 2.20. The fraction of sp³-hybridized carbons (Fsp3) is 0.417. The van der Waals surface area contributed by atoms with Gasteiger partial charge in [0.2, 0.25) is 5.78 Å². The van der Waals surface area contributed by atoms with Crippen LogP contribution < -0.4 is 0 Å². The molecular formula is C12H14F2O. The highest BCUT2D eigenvalue weighted by Gasteiger charge is 2.25. The molecule has 0 aliphatic heterocycles. The Labute approximate surface area is 88.1 Å². The third-order valence-electron chi connectivity index (χ3n) is 2.20. The molecule has 0 aromatic heterocycles. The summed E-state index contributed by atoms with van der Waals surface area (Å²) in [5, 5.41) is 0. The number of hydrogen-bond acceptors (Lipinski definition) is 1. The average molecular weight is 212 g/mol. The Kier molecular flexibility index (Phi) is 3.22. The van der Waals surface area contributed by atoms with Gasteiger partial charge in [0.1, 0.15) is 0 Å². The second-order valence-electron chi connectivity index (χ2n) is 4.46. The van der Waals surface area contributed by atoms with Crippen molar-refractivity contribution >= 4 is 5.78 Å². The Morgan fingerprint density at radius 1 is 1.20 bits per heavy atom. The molecule has 1 rings (SSSR count). The van der Waals surface area contributed by atoms with E-state index in [2.05, 4.69) is 0 Å². The summed E-state index contributed by atoms with van der Waals surface area (Å²) in [5.74, 6) is -1.10. The van der Waals surface area contributed by atoms with E-state index >= 15 is 0 Å². The van der Waals surface area contributed by atoms with Crippen LogP contribution in [0.4, 0.5) is 8.78 Å². The molecule has 0 fully saturated rings. The van der Waals surface area contributed by atoms with Crippen molar-refractivity contribution in [1.82, 2.24) is 0 Å². The summed E-state index contributed by atoms with van der Waals surface area (Å²) >= 11 is 0. The summed E-state index contributed by atoms with van der Waals surface area (Å²) < 4.78 is 24.7. The van der Waals surface area contributed by atoms with Crippen molar-refractivity contribution in [2.45, 2.75) is 32.6 Å². The van der Waals surface area contributed by atoms with Crippen molar-refractivity contribution in [1.29, 1.82) is 0 Å². The first-order chi connectivity index (χ1) is 6.84. The van der Waals surface area contributed by atoms with Crippen LogP contribution in [0.15, 0.2) is 24.3 Å². The van der Waals surface area contributed by atoms with E-state index in [0.717, 1.165) is 0 Å². The molecular weight excluding hydrogens is 198 g/mol. The molecule has 15 heavy (non-hydrogen) atoms. The smallest absolute Gasteiger partial charge is 0.288 e. The maximum absolute atomic E-state index is 12.3. The Morgan fingerprint density at radius 2 is 1.73 bits per heavy atom. The van der Waals surface area contributed by atoms with Gasteiger partial charge in [0.15, 0.2) is 0 Å². The van der Waals surface area contributed by atoms with Crippen molar-refractivity contribution in [2.75, 3.05) is 0 Å². The second-order valence-corrected chi connectivity index (χ2v) is 4.46. The number of rotatable bonds is 2. The predicted octanol–water partition coefficient (Wildman–Crippen LogP) is 3.43. The predicted molar refractivity (Wildman–Crippen MR) is 55.5 cm³/mol. The number of hydrogen-bond donors (Lipinski definition) is 0. The molecule has 3 heteroatoms. The van der Waals surface area contributed by atoms with Crippen LogP contribution in [-0.2, 0) is 5.41 Å². The summed E-state index contributed by atoms with van der Waals surface area (Å²) in [4.78, 5) is 11.3. The number of Topliss-reactive ketones (excluding diaryl/α,β-unsaturated/α-hetero) is 1. The van der Waals surface area contributed by atoms with Gasteiger partial charge in [-0.05, 0) is 11.0 Å². The molecule has 0 atom stereocenters. The number of ketones is 1. The second kappa shape index (κ2) is 4.09. The molecule has 1 aromatic rings. The van der Waals surface area contributed by atoms with Crippen molar-refractivity contribution in [3.63, 3.8) is 0 Å². The molecule has 0 aliphatic rings. The highest BCUT2D eigenvalue weighted by Crippen LogP contribution is 2.26. The standard InChI is InChI=1S/C12H14F2O/c1-12(2,3)9-7-5-4-6-8(9)10(15)11(13)14/h4-7,11H,1-3H3. The first-order valence-corrected chi connectivity index (χ1v) is 4.76. The molecule has 1 nitrogen and oxygen atoms in total. The minimum atomic E-state index is -2.94. The minimum absolute atomic E-state index is 0.125. The molecule has 0 saturated carbocycles. The molecule has 0 bridgehead atoms. The summed E-state index contributed by atoms with van der Waals surface area (Å²) in [6.45, 7) is 5.68. The van der Waals surface area contributed by atoms with E-state index in [1.807, 2.05) is 20.8 Å². The monoisotopic (exact) mass is 212 g/mol. The van der Waals surface area contributed by atoms with Gasteiger partial charge in [0, 0.05) is 5.56 Å². The van der Waals surface area contributed by atoms with Gasteiger partial charge < -0.3 is 0 Å². The molecule has 0 unspecified atom stereocenters. The lowest BCUT2D eigenvalue weighted by molar-refractivity contribution is 0.0676. The van der Waals surface area contributed by atoms with Crippen LogP contribution in [0.25, 0.3) is 0 Å². The van der Waals surface area contributed by atoms with Crippen molar-refractivity contribution in [2.24, 2.45) is 0 Å². The lowest BCUT2D eigenvalue weighted by Crippen LogP contribution is -2.20. The molecule has 0 heterocycles. The van der Waals surface area contributed by atoms with Crippen LogP contribution >= 0.6 is 0 Å². The largest absolute Gasteiger partial charge is 0.300 e. The van der Waals surface area contributed by atoms with E-state index in [1.54, 1.807) is 18.2 Å². The lowest BCUT2D eigenvalue weighted by Gasteiger charge is -2.21. The van der Waals surface area contributed by atoms with Gasteiger partial charge in [-0.1, -0.05) is 45.0 Å². The molecule has 0 amide bonds. The molecule has 82 valence electrons. The van der Waals surface area contributed by atoms with E-state index in [-0.39, 0.29) is 11.0 Å². The van der Waals surface area contributed by atoms with E-state index < -0.39 is 12.2 Å². The Balaban J connectivity index is 3.25. The van der Waals surface area contributed by atoms with Gasteiger partial charge in [-0.3, -0.25) is 4.79 Å². The van der Waals surface area contributed by atoms with Gasteiger partial charge in [-0.25, -0.2) is 8.78 Å². The summed E-state index contributed by atoms with van der Waals surface area (Å²) in [6, 6.07) is 6.53. The van der Waals surface area contributed by atoms with Gasteiger partial charge in [-0.2, -0.15) is 0 Å². The Bertz CT molecular complexity index is 364. The summed E-state index contributed by atoms with van der Waals surface area (Å²) in [6.07, 6.45) is -2.94. The van der Waals surface area contributed by atoms with Crippen molar-refractivity contribution < 1.29 is 13.6 Å². The van der Waals surface area contributed by atoms with Crippen LogP contribution in [-0.4, -0.2) is 12.2 Å². The number of benzene rings is 1. The number of halogens is 2. The maximum Gasteiger partial charge on any atom is 0.300 e. The fourth-order valence-electron chi connectivity index (χ4n) is 1.47. The maximum atomic E-state index is 12.3. The van der Waals surface area contributed by atoms with Crippen LogP contribution in [0.1, 0.15) is 36.7 Å². The van der Waals surface area contributed by atoms with Crippen LogP contribution in [0.3, 0.4) is 0 Å². The first-order valence-electron chi connectivity index (χ1n) is 4.76. The van der Waals surface area contributed by atoms with Crippen molar-refractivity contribution in [3.05, 3.63) is 35.4 Å². The topological polar surface area (TPSA) is 17.1 Å². The quantitative estimate of drug-likeness (QED) is 0.686. The molecule has 1 aromatic carbocycles. The van der Waals surface area contributed by atoms with E-state index in [0.29, 0.717) is 5.56 Å². The number of carbonyl (C=O) groups is 1. The summed E-state index contributed by atoms with van der Waals surface area (Å²) in [5.41, 5.74) is 0.483. The number of carbonyl (C=O) groups excluding carboxylic acids is 1. The zero-order chi connectivity index (χ0) is 11.6. The van der Waals surface area contributed by atoms with E-state index in [1.165, 1.54) is 6.07 Å². The third kappa shape index (κ3) is 2.61. The SMILES string of the molecule is CC(C)(C)c1ccccc1C(=O)C(F)F. The van der Waals surface area contributed by atoms with Crippen molar-refractivity contribution in [3.8, 4) is 0 Å². The van der Waals surface area contributed by atoms with Crippen LogP contribution in [0, 0.1) is 0 Å². The Hall–Kier alpha value is -1.25. The fourth-order valence-corrected chi connectivity index (χ4v) is 1.47. The molecule has 0 aliphatic carbocycles. The van der Waals surface area contributed by atoms with Gasteiger partial charge in [-0.15, -0.1) is 0 Å². The molecule has 0 saturated heterocycles. The zero-order valence-corrected chi connectivity index (χ0v) is 9.05. The van der Waals surface area contributed by atoms with E-state index in [4.69, 9.17) is 0 Å².